The number of aliphatic hydroxyl groups excluding tert-OH is 1. The molecule has 0 spiro atoms. The molecule has 0 aromatic heterocycles. The number of carboxylic acid groups (broad SMARTS) is 1. The Morgan fingerprint density at radius 3 is 2.67 bits per heavy atom. The third-order valence-electron chi connectivity index (χ3n) is 1.24. The maximum atomic E-state index is 10.2. The van der Waals surface area contributed by atoms with Crippen LogP contribution >= 0.6 is 0 Å². The molecule has 0 aromatic carbocycles. The second kappa shape index (κ2) is 5.09. The summed E-state index contributed by atoms with van der Waals surface area (Å²) in [6.07, 6.45) is 1.01. The minimum Gasteiger partial charge on any atom is -0.505 e. The zero-order chi connectivity index (χ0) is 9.56. The van der Waals surface area contributed by atoms with Gasteiger partial charge in [-0.1, -0.05) is 0 Å². The van der Waals surface area contributed by atoms with Crippen molar-refractivity contribution in [3.05, 3.63) is 16.9 Å². The lowest BCUT2D eigenvalue weighted by molar-refractivity contribution is -0.138. The van der Waals surface area contributed by atoms with E-state index in [1.807, 2.05) is 0 Å². The highest BCUT2D eigenvalue weighted by Gasteiger charge is 2.12. The van der Waals surface area contributed by atoms with Crippen LogP contribution < -0.4 is 5.73 Å². The first-order chi connectivity index (χ1) is 5.57. The van der Waals surface area contributed by atoms with Crippen LogP contribution in [-0.4, -0.2) is 22.2 Å². The fraction of sp³-hybridized carbons (Fsp3) is 0.500. The number of hydrogen-bond donors (Lipinski definition) is 3. The number of aliphatic hydroxyl groups is 1. The summed E-state index contributed by atoms with van der Waals surface area (Å²) >= 11 is 0. The van der Waals surface area contributed by atoms with Crippen LogP contribution in [0.3, 0.4) is 0 Å². The SMILES string of the molecule is N#[N+]C=C(O)CC[C@@H](N)C(=O)O. The predicted octanol–water partition coefficient (Wildman–Crippen LogP) is 0.431. The highest BCUT2D eigenvalue weighted by Crippen LogP contribution is 2.03. The molecule has 12 heavy (non-hydrogen) atoms. The second-order valence-corrected chi connectivity index (χ2v) is 2.22. The standard InChI is InChI=1S/C6H9N3O3/c7-5(6(11)12)2-1-4(10)3-9-8/h3,5H,1-2,7H2,(H-,10,11,12)/p+1/t5-/m1/s1. The third kappa shape index (κ3) is 4.24. The van der Waals surface area contributed by atoms with E-state index in [1.54, 1.807) is 0 Å². The van der Waals surface area contributed by atoms with Gasteiger partial charge in [0.2, 0.25) is 5.39 Å². The molecule has 0 amide bonds. The predicted molar refractivity (Wildman–Crippen MR) is 40.6 cm³/mol. The molecule has 6 nitrogen and oxygen atoms in total. The molecule has 0 aromatic rings. The Bertz CT molecular complexity index is 231. The molecule has 0 saturated heterocycles. The van der Waals surface area contributed by atoms with Crippen LogP contribution in [-0.2, 0) is 4.79 Å². The van der Waals surface area contributed by atoms with Gasteiger partial charge in [0, 0.05) is 6.42 Å². The van der Waals surface area contributed by atoms with Gasteiger partial charge in [-0.25, -0.2) is 0 Å². The average Bonchev–Trinajstić information content (AvgIpc) is 2.00. The Balaban J connectivity index is 3.78. The molecule has 0 unspecified atom stereocenters. The van der Waals surface area contributed by atoms with E-state index in [4.69, 9.17) is 21.3 Å². The summed E-state index contributed by atoms with van der Waals surface area (Å²) < 4.78 is 0. The maximum absolute atomic E-state index is 10.2. The van der Waals surface area contributed by atoms with E-state index in [9.17, 15) is 4.79 Å². The van der Waals surface area contributed by atoms with Crippen LogP contribution in [0.5, 0.6) is 0 Å². The lowest BCUT2D eigenvalue weighted by Gasteiger charge is -2.02. The van der Waals surface area contributed by atoms with E-state index in [0.717, 1.165) is 6.20 Å². The minimum absolute atomic E-state index is 0.0809. The van der Waals surface area contributed by atoms with Gasteiger partial charge in [0.15, 0.2) is 10.7 Å². The summed E-state index contributed by atoms with van der Waals surface area (Å²) in [4.78, 5) is 12.7. The third-order valence-corrected chi connectivity index (χ3v) is 1.24. The summed E-state index contributed by atoms with van der Waals surface area (Å²) in [5.74, 6) is -1.32. The lowest BCUT2D eigenvalue weighted by atomic mass is 10.1. The molecule has 0 rings (SSSR count). The van der Waals surface area contributed by atoms with Crippen molar-refractivity contribution in [1.82, 2.24) is 0 Å². The average molecular weight is 172 g/mol. The van der Waals surface area contributed by atoms with E-state index >= 15 is 0 Å². The summed E-state index contributed by atoms with van der Waals surface area (Å²) in [6.45, 7) is 0. The lowest BCUT2D eigenvalue weighted by Crippen LogP contribution is -2.29. The number of nitrogens with zero attached hydrogens (tertiary/aromatic N) is 2. The van der Waals surface area contributed by atoms with Gasteiger partial charge in [-0.2, -0.15) is 0 Å². The molecular weight excluding hydrogens is 162 g/mol. The highest BCUT2D eigenvalue weighted by atomic mass is 16.4. The van der Waals surface area contributed by atoms with Gasteiger partial charge in [-0.3, -0.25) is 4.79 Å². The summed E-state index contributed by atoms with van der Waals surface area (Å²) in [5.41, 5.74) is 5.13. The number of hydrogen-bond acceptors (Lipinski definition) is 4. The number of carboxylic acids is 1. The Kier molecular flexibility index (Phi) is 4.41. The Morgan fingerprint density at radius 1 is 1.67 bits per heavy atom. The molecule has 0 radical (unpaired) electrons. The number of carbonyl (C=O) groups is 1. The van der Waals surface area contributed by atoms with Gasteiger partial charge in [0.05, 0.1) is 0 Å². The van der Waals surface area contributed by atoms with Crippen molar-refractivity contribution >= 4 is 5.97 Å². The van der Waals surface area contributed by atoms with Crippen LogP contribution in [0.4, 0.5) is 0 Å². The Morgan fingerprint density at radius 2 is 2.25 bits per heavy atom. The fourth-order valence-electron chi connectivity index (χ4n) is 0.558. The van der Waals surface area contributed by atoms with Crippen molar-refractivity contribution in [1.29, 1.82) is 5.39 Å². The van der Waals surface area contributed by atoms with Gasteiger partial charge in [0.25, 0.3) is 0 Å². The highest BCUT2D eigenvalue weighted by molar-refractivity contribution is 5.72. The largest absolute Gasteiger partial charge is 0.505 e. The molecule has 0 fully saturated rings. The van der Waals surface area contributed by atoms with Crippen LogP contribution in [0.25, 0.3) is 4.98 Å². The molecule has 0 heterocycles. The molecule has 4 N–H and O–H groups in total. The molecule has 66 valence electrons. The van der Waals surface area contributed by atoms with Crippen LogP contribution in [0.15, 0.2) is 12.0 Å². The van der Waals surface area contributed by atoms with Gasteiger partial charge in [-0.15, -0.1) is 0 Å². The monoisotopic (exact) mass is 172 g/mol. The molecular formula is C6H10N3O3+. The smallest absolute Gasteiger partial charge is 0.387 e. The zero-order valence-corrected chi connectivity index (χ0v) is 6.34. The topological polar surface area (TPSA) is 112 Å². The summed E-state index contributed by atoms with van der Waals surface area (Å²) in [6, 6.07) is -1.00. The van der Waals surface area contributed by atoms with Crippen molar-refractivity contribution in [2.45, 2.75) is 18.9 Å². The number of allylic oxidation sites excluding steroid dienone is 1. The number of aliphatic carboxylic acids is 1. The molecule has 0 aliphatic heterocycles. The minimum atomic E-state index is -1.12. The van der Waals surface area contributed by atoms with Crippen LogP contribution in [0, 0.1) is 5.39 Å². The fourth-order valence-corrected chi connectivity index (χ4v) is 0.558. The molecule has 0 aliphatic carbocycles. The van der Waals surface area contributed by atoms with Crippen molar-refractivity contribution in [3.63, 3.8) is 0 Å². The zero-order valence-electron chi connectivity index (χ0n) is 6.34. The van der Waals surface area contributed by atoms with Crippen LogP contribution in [0.1, 0.15) is 12.8 Å². The molecule has 0 saturated carbocycles. The van der Waals surface area contributed by atoms with E-state index in [2.05, 4.69) is 4.98 Å². The first-order valence-electron chi connectivity index (χ1n) is 3.28. The van der Waals surface area contributed by atoms with Gasteiger partial charge in [0.1, 0.15) is 6.04 Å². The van der Waals surface area contributed by atoms with Crippen molar-refractivity contribution in [3.8, 4) is 0 Å². The normalized spacial score (nSPS) is 13.5. The van der Waals surface area contributed by atoms with E-state index in [1.165, 1.54) is 0 Å². The molecule has 6 heteroatoms. The molecule has 0 bridgehead atoms. The van der Waals surface area contributed by atoms with Gasteiger partial charge >= 0.3 is 12.2 Å². The van der Waals surface area contributed by atoms with E-state index in [-0.39, 0.29) is 18.6 Å². The molecule has 1 atom stereocenters. The van der Waals surface area contributed by atoms with Gasteiger partial charge < -0.3 is 15.9 Å². The first kappa shape index (κ1) is 10.4. The molecule has 0 aliphatic rings. The van der Waals surface area contributed by atoms with Crippen molar-refractivity contribution in [2.75, 3.05) is 0 Å². The summed E-state index contributed by atoms with van der Waals surface area (Å²) in [7, 11) is 0. The quantitative estimate of drug-likeness (QED) is 0.420. The number of nitrogens with two attached hydrogens (primary N) is 1. The Labute approximate surface area is 68.9 Å². The van der Waals surface area contributed by atoms with Crippen molar-refractivity contribution < 1.29 is 15.0 Å². The van der Waals surface area contributed by atoms with E-state index in [0.29, 0.717) is 0 Å². The second-order valence-electron chi connectivity index (χ2n) is 2.22. The van der Waals surface area contributed by atoms with Crippen molar-refractivity contribution in [2.24, 2.45) is 5.73 Å². The number of diazo groups is 1. The Hall–Kier alpha value is -1.61. The first-order valence-corrected chi connectivity index (χ1v) is 3.28. The maximum Gasteiger partial charge on any atom is 0.387 e. The van der Waals surface area contributed by atoms with E-state index < -0.39 is 12.0 Å². The summed E-state index contributed by atoms with van der Waals surface area (Å²) in [5, 5.41) is 25.1. The van der Waals surface area contributed by atoms with Gasteiger partial charge in [-0.05, 0) is 6.42 Å². The van der Waals surface area contributed by atoms with Crippen LogP contribution in [0.2, 0.25) is 0 Å². The number of rotatable bonds is 4.